The Hall–Kier alpha value is -1.91. The SMILES string of the molecule is Cc1cccc(-c2n[nH]c(=O)o2)c1F. The molecule has 0 bridgehead atoms. The van der Waals surface area contributed by atoms with E-state index >= 15 is 0 Å². The van der Waals surface area contributed by atoms with Gasteiger partial charge in [-0.25, -0.2) is 14.3 Å². The molecule has 5 heteroatoms. The fourth-order valence-electron chi connectivity index (χ4n) is 1.16. The summed E-state index contributed by atoms with van der Waals surface area (Å²) in [4.78, 5) is 10.7. The molecule has 0 amide bonds. The molecule has 4 nitrogen and oxygen atoms in total. The van der Waals surface area contributed by atoms with Crippen molar-refractivity contribution in [2.45, 2.75) is 6.92 Å². The summed E-state index contributed by atoms with van der Waals surface area (Å²) in [5.74, 6) is -1.15. The highest BCUT2D eigenvalue weighted by atomic mass is 19.1. The van der Waals surface area contributed by atoms with Gasteiger partial charge in [-0.2, -0.15) is 0 Å². The number of nitrogens with zero attached hydrogens (tertiary/aromatic N) is 1. The second-order valence-electron chi connectivity index (χ2n) is 2.85. The molecule has 1 heterocycles. The minimum Gasteiger partial charge on any atom is -0.388 e. The topological polar surface area (TPSA) is 58.9 Å². The average Bonchev–Trinajstić information content (AvgIpc) is 2.57. The van der Waals surface area contributed by atoms with Crippen LogP contribution in [-0.4, -0.2) is 10.2 Å². The number of hydrogen-bond donors (Lipinski definition) is 1. The highest BCUT2D eigenvalue weighted by Crippen LogP contribution is 2.21. The normalized spacial score (nSPS) is 10.4. The van der Waals surface area contributed by atoms with Gasteiger partial charge in [-0.05, 0) is 18.6 Å². The van der Waals surface area contributed by atoms with Gasteiger partial charge in [0, 0.05) is 0 Å². The van der Waals surface area contributed by atoms with Crippen LogP contribution in [0.4, 0.5) is 4.39 Å². The maximum atomic E-state index is 13.5. The molecule has 0 unspecified atom stereocenters. The van der Waals surface area contributed by atoms with Crippen LogP contribution >= 0.6 is 0 Å². The number of halogens is 1. The summed E-state index contributed by atoms with van der Waals surface area (Å²) in [5.41, 5.74) is 0.663. The van der Waals surface area contributed by atoms with Crippen LogP contribution in [0.3, 0.4) is 0 Å². The summed E-state index contributed by atoms with van der Waals surface area (Å²) in [6.45, 7) is 1.63. The molecule has 2 rings (SSSR count). The number of aromatic nitrogens is 2. The summed E-state index contributed by atoms with van der Waals surface area (Å²) in [6, 6.07) is 4.80. The lowest BCUT2D eigenvalue weighted by Gasteiger charge is -1.99. The van der Waals surface area contributed by atoms with Crippen molar-refractivity contribution in [2.24, 2.45) is 0 Å². The number of aryl methyl sites for hydroxylation is 1. The zero-order valence-corrected chi connectivity index (χ0v) is 7.37. The number of aromatic amines is 1. The number of H-pyrrole nitrogens is 1. The molecule has 1 aromatic heterocycles. The highest BCUT2D eigenvalue weighted by Gasteiger charge is 2.11. The maximum Gasteiger partial charge on any atom is 0.434 e. The van der Waals surface area contributed by atoms with E-state index in [0.717, 1.165) is 0 Å². The van der Waals surface area contributed by atoms with Crippen molar-refractivity contribution >= 4 is 0 Å². The van der Waals surface area contributed by atoms with E-state index in [4.69, 9.17) is 0 Å². The second-order valence-corrected chi connectivity index (χ2v) is 2.85. The van der Waals surface area contributed by atoms with Crippen LogP contribution in [0.2, 0.25) is 0 Å². The Labute approximate surface area is 78.4 Å². The van der Waals surface area contributed by atoms with Gasteiger partial charge in [0.2, 0.25) is 0 Å². The van der Waals surface area contributed by atoms with Crippen molar-refractivity contribution in [1.82, 2.24) is 10.2 Å². The first-order chi connectivity index (χ1) is 6.68. The standard InChI is InChI=1S/C9H7FN2O2/c1-5-3-2-4-6(7(5)10)8-11-12-9(13)14-8/h2-4H,1H3,(H,12,13). The van der Waals surface area contributed by atoms with E-state index in [9.17, 15) is 9.18 Å². The lowest BCUT2D eigenvalue weighted by Crippen LogP contribution is -1.93. The minimum atomic E-state index is -0.694. The molecule has 0 atom stereocenters. The molecular formula is C9H7FN2O2. The third kappa shape index (κ3) is 1.32. The van der Waals surface area contributed by atoms with Crippen molar-refractivity contribution < 1.29 is 8.81 Å². The number of rotatable bonds is 1. The van der Waals surface area contributed by atoms with E-state index in [1.807, 2.05) is 0 Å². The molecule has 0 saturated heterocycles. The van der Waals surface area contributed by atoms with Crippen molar-refractivity contribution in [3.63, 3.8) is 0 Å². The van der Waals surface area contributed by atoms with Gasteiger partial charge < -0.3 is 4.42 Å². The van der Waals surface area contributed by atoms with Gasteiger partial charge in [-0.1, -0.05) is 12.1 Å². The number of benzene rings is 1. The van der Waals surface area contributed by atoms with Crippen LogP contribution in [0.5, 0.6) is 0 Å². The molecule has 0 aliphatic rings. The van der Waals surface area contributed by atoms with E-state index in [-0.39, 0.29) is 11.5 Å². The van der Waals surface area contributed by atoms with Gasteiger partial charge in [0.1, 0.15) is 5.82 Å². The van der Waals surface area contributed by atoms with Crippen LogP contribution in [0.1, 0.15) is 5.56 Å². The van der Waals surface area contributed by atoms with Gasteiger partial charge in [0.25, 0.3) is 5.89 Å². The summed E-state index contributed by atoms with van der Waals surface area (Å²) in [6.07, 6.45) is 0. The molecule has 14 heavy (non-hydrogen) atoms. The maximum absolute atomic E-state index is 13.5. The Morgan fingerprint density at radius 3 is 2.93 bits per heavy atom. The quantitative estimate of drug-likeness (QED) is 0.747. The van der Waals surface area contributed by atoms with E-state index in [1.54, 1.807) is 19.1 Å². The van der Waals surface area contributed by atoms with E-state index in [1.165, 1.54) is 6.07 Å². The lowest BCUT2D eigenvalue weighted by atomic mass is 10.1. The predicted octanol–water partition coefficient (Wildman–Crippen LogP) is 1.48. The van der Waals surface area contributed by atoms with Crippen LogP contribution in [0.25, 0.3) is 11.5 Å². The van der Waals surface area contributed by atoms with E-state index < -0.39 is 11.6 Å². The molecule has 2 aromatic rings. The second kappa shape index (κ2) is 3.10. The van der Waals surface area contributed by atoms with Gasteiger partial charge in [-0.15, -0.1) is 5.10 Å². The van der Waals surface area contributed by atoms with Gasteiger partial charge in [0.05, 0.1) is 5.56 Å². The molecule has 1 aromatic carbocycles. The molecule has 72 valence electrons. The van der Waals surface area contributed by atoms with Crippen molar-refractivity contribution in [3.05, 3.63) is 40.1 Å². The molecular weight excluding hydrogens is 187 g/mol. The molecule has 0 fully saturated rings. The molecule has 0 saturated carbocycles. The zero-order chi connectivity index (χ0) is 10.1. The Morgan fingerprint density at radius 2 is 2.29 bits per heavy atom. The van der Waals surface area contributed by atoms with Gasteiger partial charge in [-0.3, -0.25) is 0 Å². The zero-order valence-electron chi connectivity index (χ0n) is 7.37. The van der Waals surface area contributed by atoms with E-state index in [0.29, 0.717) is 5.56 Å². The Kier molecular flexibility index (Phi) is 1.92. The summed E-state index contributed by atoms with van der Waals surface area (Å²) in [5, 5.41) is 5.62. The van der Waals surface area contributed by atoms with Crippen molar-refractivity contribution in [2.75, 3.05) is 0 Å². The number of nitrogens with one attached hydrogen (secondary N) is 1. The van der Waals surface area contributed by atoms with E-state index in [2.05, 4.69) is 14.6 Å². The monoisotopic (exact) mass is 194 g/mol. The van der Waals surface area contributed by atoms with Crippen LogP contribution in [-0.2, 0) is 0 Å². The summed E-state index contributed by atoms with van der Waals surface area (Å²) >= 11 is 0. The predicted molar refractivity (Wildman–Crippen MR) is 47.3 cm³/mol. The van der Waals surface area contributed by atoms with Crippen LogP contribution in [0, 0.1) is 12.7 Å². The average molecular weight is 194 g/mol. The molecule has 0 spiro atoms. The summed E-state index contributed by atoms with van der Waals surface area (Å²) < 4.78 is 18.1. The first-order valence-electron chi connectivity index (χ1n) is 3.99. The molecule has 1 N–H and O–H groups in total. The third-order valence-corrected chi connectivity index (χ3v) is 1.86. The van der Waals surface area contributed by atoms with Crippen molar-refractivity contribution in [3.8, 4) is 11.5 Å². The van der Waals surface area contributed by atoms with Gasteiger partial charge in [0.15, 0.2) is 0 Å². The molecule has 0 radical (unpaired) electrons. The fraction of sp³-hybridized carbons (Fsp3) is 0.111. The first kappa shape index (κ1) is 8.68. The van der Waals surface area contributed by atoms with Crippen LogP contribution in [0.15, 0.2) is 27.4 Å². The molecule has 0 aliphatic heterocycles. The molecule has 0 aliphatic carbocycles. The van der Waals surface area contributed by atoms with Crippen LogP contribution < -0.4 is 5.76 Å². The fourth-order valence-corrected chi connectivity index (χ4v) is 1.16. The van der Waals surface area contributed by atoms with Crippen molar-refractivity contribution in [1.29, 1.82) is 0 Å². The summed E-state index contributed by atoms with van der Waals surface area (Å²) in [7, 11) is 0. The number of hydrogen-bond acceptors (Lipinski definition) is 3. The Morgan fingerprint density at radius 1 is 1.50 bits per heavy atom. The first-order valence-corrected chi connectivity index (χ1v) is 3.99. The smallest absolute Gasteiger partial charge is 0.388 e. The third-order valence-electron chi connectivity index (χ3n) is 1.86. The Bertz CT molecular complexity index is 516. The Balaban J connectivity index is 2.62. The van der Waals surface area contributed by atoms with Gasteiger partial charge >= 0.3 is 5.76 Å². The minimum absolute atomic E-state index is 0.0313. The lowest BCUT2D eigenvalue weighted by molar-refractivity contribution is 0.520. The highest BCUT2D eigenvalue weighted by molar-refractivity contribution is 5.54. The largest absolute Gasteiger partial charge is 0.434 e.